The molecule has 1 aliphatic rings. The molecule has 1 aliphatic carbocycles. The first-order valence-corrected chi connectivity index (χ1v) is 11.2. The van der Waals surface area contributed by atoms with Crippen LogP contribution >= 0.6 is 11.3 Å². The topological polar surface area (TPSA) is 106 Å². The van der Waals surface area contributed by atoms with Gasteiger partial charge in [0.25, 0.3) is 5.91 Å². The number of hydrogen-bond donors (Lipinski definition) is 2. The second-order valence-electron chi connectivity index (χ2n) is 7.57. The van der Waals surface area contributed by atoms with Crippen LogP contribution in [0.5, 0.6) is 0 Å². The molecule has 1 heterocycles. The van der Waals surface area contributed by atoms with Crippen molar-refractivity contribution in [3.63, 3.8) is 0 Å². The monoisotopic (exact) mass is 465 g/mol. The van der Waals surface area contributed by atoms with Gasteiger partial charge in [0.2, 0.25) is 0 Å². The van der Waals surface area contributed by atoms with E-state index in [2.05, 4.69) is 9.35 Å². The Morgan fingerprint density at radius 3 is 2.50 bits per heavy atom. The van der Waals surface area contributed by atoms with Gasteiger partial charge in [-0.05, 0) is 55.9 Å². The van der Waals surface area contributed by atoms with Crippen LogP contribution in [0.15, 0.2) is 26.9 Å². The Bertz CT molecular complexity index is 1110. The number of nitrogens with two attached hydrogens (primary N) is 1. The van der Waals surface area contributed by atoms with Gasteiger partial charge in [0.15, 0.2) is 9.92 Å². The fourth-order valence-corrected chi connectivity index (χ4v) is 5.06. The lowest BCUT2D eigenvalue weighted by Crippen LogP contribution is -2.18. The molecule has 3 rings (SSSR count). The van der Waals surface area contributed by atoms with Gasteiger partial charge >= 0.3 is 6.18 Å². The first-order chi connectivity index (χ1) is 13.7. The number of halogens is 4. The molecule has 0 bridgehead atoms. The third-order valence-electron chi connectivity index (χ3n) is 4.43. The molecule has 0 unspecified atom stereocenters. The minimum absolute atomic E-state index is 0.0921. The Morgan fingerprint density at radius 1 is 1.37 bits per heavy atom. The zero-order valence-corrected chi connectivity index (χ0v) is 17.6. The van der Waals surface area contributed by atoms with Crippen molar-refractivity contribution in [2.75, 3.05) is 0 Å². The Kier molecular flexibility index (Phi) is 5.82. The number of aromatic nitrogens is 1. The molecule has 6 nitrogen and oxygen atoms in total. The molecule has 1 aromatic carbocycles. The van der Waals surface area contributed by atoms with E-state index < -0.39 is 45.4 Å². The van der Waals surface area contributed by atoms with E-state index in [1.54, 1.807) is 0 Å². The second kappa shape index (κ2) is 7.66. The Balaban J connectivity index is 1.98. The molecule has 0 aliphatic heterocycles. The van der Waals surface area contributed by atoms with E-state index in [1.807, 2.05) is 0 Å². The summed E-state index contributed by atoms with van der Waals surface area (Å²) in [6.45, 7) is 2.89. The number of amides is 1. The van der Waals surface area contributed by atoms with Gasteiger partial charge in [0.05, 0.1) is 18.2 Å². The second-order valence-corrected chi connectivity index (χ2v) is 10.6. The van der Waals surface area contributed by atoms with Crippen LogP contribution in [0.25, 0.3) is 0 Å². The maximum Gasteiger partial charge on any atom is 0.416 e. The maximum atomic E-state index is 13.8. The lowest BCUT2D eigenvalue weighted by Gasteiger charge is -2.16. The third kappa shape index (κ3) is 5.05. The Hall–Kier alpha value is -1.89. The number of thiazole rings is 1. The van der Waals surface area contributed by atoms with Gasteiger partial charge in [-0.3, -0.25) is 4.79 Å². The van der Waals surface area contributed by atoms with Crippen molar-refractivity contribution in [3.05, 3.63) is 45.8 Å². The summed E-state index contributed by atoms with van der Waals surface area (Å²) in [5.74, 6) is -2.42. The Labute approximate surface area is 174 Å². The number of carbonyl (C=O) groups excluding carboxylic acids is 1. The summed E-state index contributed by atoms with van der Waals surface area (Å²) in [5, 5.41) is 15.8. The van der Waals surface area contributed by atoms with E-state index in [4.69, 9.17) is 5.14 Å². The first kappa shape index (κ1) is 22.8. The molecule has 1 fully saturated rings. The number of nitrogens with zero attached hydrogens (tertiary/aromatic N) is 2. The lowest BCUT2D eigenvalue weighted by molar-refractivity contribution is -0.138. The van der Waals surface area contributed by atoms with Crippen LogP contribution in [0, 0.1) is 5.82 Å². The SMILES string of the molecule is CC(C)(O)c1ncc([S@@](N)(=O)=NC(=O)Cc2c(C3CC3)cc(F)cc2C(F)(F)F)s1. The molecule has 164 valence electrons. The van der Waals surface area contributed by atoms with Gasteiger partial charge in [-0.1, -0.05) is 0 Å². The number of rotatable bonds is 5. The van der Waals surface area contributed by atoms with E-state index in [0.29, 0.717) is 18.9 Å². The summed E-state index contributed by atoms with van der Waals surface area (Å²) in [7, 11) is -3.78. The highest BCUT2D eigenvalue weighted by molar-refractivity contribution is 7.93. The zero-order chi connectivity index (χ0) is 22.5. The average molecular weight is 465 g/mol. The largest absolute Gasteiger partial charge is 0.416 e. The number of hydrogen-bond acceptors (Lipinski definition) is 5. The fraction of sp³-hybridized carbons (Fsp3) is 0.444. The molecule has 0 saturated heterocycles. The summed E-state index contributed by atoms with van der Waals surface area (Å²) in [4.78, 5) is 16.3. The molecule has 0 radical (unpaired) electrons. The van der Waals surface area contributed by atoms with Crippen LogP contribution in [0.4, 0.5) is 17.6 Å². The molecule has 0 spiro atoms. The molecule has 1 amide bonds. The molecule has 2 aromatic rings. The Morgan fingerprint density at radius 2 is 2.00 bits per heavy atom. The highest BCUT2D eigenvalue weighted by Gasteiger charge is 2.38. The molecule has 1 atom stereocenters. The summed E-state index contributed by atoms with van der Waals surface area (Å²) in [6.07, 6.45) is -3.40. The summed E-state index contributed by atoms with van der Waals surface area (Å²) in [6, 6.07) is 1.33. The molecule has 3 N–H and O–H groups in total. The highest BCUT2D eigenvalue weighted by Crippen LogP contribution is 2.45. The molecule has 12 heteroatoms. The van der Waals surface area contributed by atoms with E-state index in [9.17, 15) is 31.7 Å². The van der Waals surface area contributed by atoms with Gasteiger partial charge in [-0.25, -0.2) is 18.7 Å². The smallest absolute Gasteiger partial charge is 0.383 e. The average Bonchev–Trinajstić information content (AvgIpc) is 3.27. The predicted octanol–water partition coefficient (Wildman–Crippen LogP) is 3.88. The lowest BCUT2D eigenvalue weighted by atomic mass is 9.94. The highest BCUT2D eigenvalue weighted by atomic mass is 32.2. The van der Waals surface area contributed by atoms with E-state index in [1.165, 1.54) is 13.8 Å². The minimum Gasteiger partial charge on any atom is -0.383 e. The number of alkyl halides is 3. The van der Waals surface area contributed by atoms with Crippen molar-refractivity contribution in [1.29, 1.82) is 0 Å². The fourth-order valence-electron chi connectivity index (χ4n) is 2.92. The number of aliphatic hydroxyl groups is 1. The quantitative estimate of drug-likeness (QED) is 0.654. The van der Waals surface area contributed by atoms with Crippen molar-refractivity contribution < 1.29 is 31.7 Å². The van der Waals surface area contributed by atoms with E-state index in [0.717, 1.165) is 23.6 Å². The van der Waals surface area contributed by atoms with Gasteiger partial charge in [-0.2, -0.15) is 13.2 Å². The van der Waals surface area contributed by atoms with E-state index in [-0.39, 0.29) is 26.3 Å². The zero-order valence-electron chi connectivity index (χ0n) is 16.0. The summed E-state index contributed by atoms with van der Waals surface area (Å²) in [5.41, 5.74) is -2.86. The first-order valence-electron chi connectivity index (χ1n) is 8.84. The normalized spacial score (nSPS) is 16.9. The van der Waals surface area contributed by atoms with Gasteiger partial charge in [0.1, 0.15) is 20.6 Å². The maximum absolute atomic E-state index is 13.8. The standard InChI is InChI=1S/C18H19F4N3O3S2/c1-17(2,27)16-24-8-15(29-16)30(23,28)25-14(26)7-12-11(9-3-4-9)5-10(19)6-13(12)18(20,21)22/h5-6,8-9,27H,3-4,7H2,1-2H3,(H2,23,25,26,28)/t30-/m0/s1. The van der Waals surface area contributed by atoms with Gasteiger partial charge in [0, 0.05) is 0 Å². The van der Waals surface area contributed by atoms with Crippen molar-refractivity contribution in [2.45, 2.75) is 55.0 Å². The molecular weight excluding hydrogens is 446 g/mol. The molecular formula is C18H19F4N3O3S2. The van der Waals surface area contributed by atoms with Crippen LogP contribution in [0.3, 0.4) is 0 Å². The molecule has 30 heavy (non-hydrogen) atoms. The van der Waals surface area contributed by atoms with Crippen LogP contribution in [-0.4, -0.2) is 20.2 Å². The third-order valence-corrected chi connectivity index (χ3v) is 7.66. The van der Waals surface area contributed by atoms with Crippen molar-refractivity contribution in [3.8, 4) is 0 Å². The molecule has 1 aromatic heterocycles. The number of carbonyl (C=O) groups is 1. The van der Waals surface area contributed by atoms with Crippen LogP contribution in [-0.2, 0) is 32.9 Å². The van der Waals surface area contributed by atoms with Crippen LogP contribution < -0.4 is 5.14 Å². The number of benzene rings is 1. The van der Waals surface area contributed by atoms with E-state index >= 15 is 0 Å². The molecule has 1 saturated carbocycles. The van der Waals surface area contributed by atoms with Crippen molar-refractivity contribution in [1.82, 2.24) is 4.98 Å². The van der Waals surface area contributed by atoms with Crippen molar-refractivity contribution >= 4 is 27.2 Å². The summed E-state index contributed by atoms with van der Waals surface area (Å²) >= 11 is 0.785. The van der Waals surface area contributed by atoms with Crippen molar-refractivity contribution in [2.24, 2.45) is 9.50 Å². The van der Waals surface area contributed by atoms with Gasteiger partial charge in [-0.15, -0.1) is 15.7 Å². The predicted molar refractivity (Wildman–Crippen MR) is 102 cm³/mol. The van der Waals surface area contributed by atoms with Crippen LogP contribution in [0.2, 0.25) is 0 Å². The summed E-state index contributed by atoms with van der Waals surface area (Å²) < 4.78 is 70.1. The van der Waals surface area contributed by atoms with Gasteiger partial charge < -0.3 is 5.11 Å². The minimum atomic E-state index is -4.87. The van der Waals surface area contributed by atoms with Crippen LogP contribution in [0.1, 0.15) is 54.3 Å².